The Kier molecular flexibility index (Phi) is 3.29. The first-order valence-corrected chi connectivity index (χ1v) is 5.81. The van der Waals surface area contributed by atoms with Gasteiger partial charge in [-0.25, -0.2) is 0 Å². The predicted octanol–water partition coefficient (Wildman–Crippen LogP) is 2.23. The first kappa shape index (κ1) is 11.9. The van der Waals surface area contributed by atoms with Gasteiger partial charge in [0, 0.05) is 17.6 Å². The predicted molar refractivity (Wildman–Crippen MR) is 70.2 cm³/mol. The summed E-state index contributed by atoms with van der Waals surface area (Å²) in [6.45, 7) is 1.65. The van der Waals surface area contributed by atoms with Crippen LogP contribution in [0, 0.1) is 0 Å². The van der Waals surface area contributed by atoms with Crippen LogP contribution in [0.2, 0.25) is 0 Å². The molecule has 0 saturated heterocycles. The lowest BCUT2D eigenvalue weighted by molar-refractivity contribution is -0.121. The first-order chi connectivity index (χ1) is 8.08. The number of benzene rings is 1. The van der Waals surface area contributed by atoms with Gasteiger partial charge in [-0.3, -0.25) is 9.69 Å². The molecule has 3 nitrogen and oxygen atoms in total. The van der Waals surface area contributed by atoms with Crippen molar-refractivity contribution in [3.05, 3.63) is 36.0 Å². The van der Waals surface area contributed by atoms with Gasteiger partial charge in [0.05, 0.1) is 6.04 Å². The number of hydrogen-bond acceptors (Lipinski definition) is 2. The number of fused-ring (bicyclic) bond motifs is 1. The zero-order chi connectivity index (χ0) is 12.4. The normalized spacial score (nSPS) is 13.2. The van der Waals surface area contributed by atoms with Gasteiger partial charge < -0.3 is 4.98 Å². The summed E-state index contributed by atoms with van der Waals surface area (Å²) < 4.78 is 0. The smallest absolute Gasteiger partial charge is 0.147 e. The number of ketones is 1. The number of rotatable bonds is 4. The fourth-order valence-electron chi connectivity index (χ4n) is 2.14. The van der Waals surface area contributed by atoms with Crippen molar-refractivity contribution in [1.29, 1.82) is 0 Å². The zero-order valence-electron chi connectivity index (χ0n) is 10.5. The van der Waals surface area contributed by atoms with E-state index in [0.29, 0.717) is 0 Å². The molecule has 1 N–H and O–H groups in total. The van der Waals surface area contributed by atoms with Crippen LogP contribution < -0.4 is 0 Å². The monoisotopic (exact) mass is 230 g/mol. The minimum absolute atomic E-state index is 0.0527. The van der Waals surface area contributed by atoms with Gasteiger partial charge in [0.25, 0.3) is 0 Å². The molecule has 0 saturated carbocycles. The average molecular weight is 230 g/mol. The molecule has 0 aliphatic rings. The lowest BCUT2D eigenvalue weighted by Gasteiger charge is -2.20. The van der Waals surface area contributed by atoms with Crippen LogP contribution in [0.25, 0.3) is 10.9 Å². The maximum absolute atomic E-state index is 11.5. The number of hydrogen-bond donors (Lipinski definition) is 1. The highest BCUT2D eigenvalue weighted by Crippen LogP contribution is 2.16. The summed E-state index contributed by atoms with van der Waals surface area (Å²) in [5.41, 5.74) is 2.24. The Morgan fingerprint density at radius 3 is 2.65 bits per heavy atom. The maximum Gasteiger partial charge on any atom is 0.147 e. The quantitative estimate of drug-likeness (QED) is 0.874. The Morgan fingerprint density at radius 2 is 2.06 bits per heavy atom. The van der Waals surface area contributed by atoms with E-state index in [1.54, 1.807) is 6.92 Å². The van der Waals surface area contributed by atoms with E-state index in [9.17, 15) is 4.79 Å². The van der Waals surface area contributed by atoms with Gasteiger partial charge in [-0.15, -0.1) is 0 Å². The van der Waals surface area contributed by atoms with Crippen LogP contribution >= 0.6 is 0 Å². The van der Waals surface area contributed by atoms with Gasteiger partial charge in [0.2, 0.25) is 0 Å². The van der Waals surface area contributed by atoms with Crippen molar-refractivity contribution in [3.8, 4) is 0 Å². The number of aromatic amines is 1. The minimum atomic E-state index is -0.0527. The Balaban J connectivity index is 2.25. The zero-order valence-corrected chi connectivity index (χ0v) is 10.5. The second kappa shape index (κ2) is 4.72. The van der Waals surface area contributed by atoms with E-state index >= 15 is 0 Å². The number of aromatic nitrogens is 1. The fourth-order valence-corrected chi connectivity index (χ4v) is 2.14. The molecule has 1 heterocycles. The second-order valence-corrected chi connectivity index (χ2v) is 4.68. The third kappa shape index (κ3) is 2.56. The number of carbonyl (C=O) groups is 1. The number of likely N-dealkylation sites (N-methyl/N-ethyl adjacent to an activating group) is 1. The maximum atomic E-state index is 11.5. The number of carbonyl (C=O) groups excluding carboxylic acids is 1. The molecule has 1 atom stereocenters. The molecular formula is C14H18N2O. The van der Waals surface area contributed by atoms with Crippen LogP contribution in [0.5, 0.6) is 0 Å². The van der Waals surface area contributed by atoms with Crippen molar-refractivity contribution in [3.63, 3.8) is 0 Å². The molecule has 2 rings (SSSR count). The summed E-state index contributed by atoms with van der Waals surface area (Å²) in [5.74, 6) is 0.202. The van der Waals surface area contributed by atoms with Crippen LogP contribution in [0.3, 0.4) is 0 Å². The SMILES string of the molecule is CC(=O)[C@H](Cc1cc2ccccc2[nH]1)N(C)C. The molecule has 0 amide bonds. The summed E-state index contributed by atoms with van der Waals surface area (Å²) in [6.07, 6.45) is 0.733. The van der Waals surface area contributed by atoms with Gasteiger partial charge >= 0.3 is 0 Å². The number of para-hydroxylation sites is 1. The molecule has 0 spiro atoms. The Morgan fingerprint density at radius 1 is 1.35 bits per heavy atom. The summed E-state index contributed by atoms with van der Waals surface area (Å²) in [6, 6.07) is 10.2. The van der Waals surface area contributed by atoms with Crippen molar-refractivity contribution < 1.29 is 4.79 Å². The van der Waals surface area contributed by atoms with Crippen LogP contribution in [-0.4, -0.2) is 35.8 Å². The van der Waals surface area contributed by atoms with E-state index in [2.05, 4.69) is 23.2 Å². The number of nitrogens with zero attached hydrogens (tertiary/aromatic N) is 1. The molecule has 0 fully saturated rings. The van der Waals surface area contributed by atoms with Crippen LogP contribution in [0.15, 0.2) is 30.3 Å². The third-order valence-corrected chi connectivity index (χ3v) is 3.09. The molecule has 0 aliphatic carbocycles. The fraction of sp³-hybridized carbons (Fsp3) is 0.357. The highest BCUT2D eigenvalue weighted by atomic mass is 16.1. The summed E-state index contributed by atoms with van der Waals surface area (Å²) in [4.78, 5) is 16.9. The molecule has 17 heavy (non-hydrogen) atoms. The molecule has 1 aromatic heterocycles. The summed E-state index contributed by atoms with van der Waals surface area (Å²) in [7, 11) is 3.88. The molecule has 90 valence electrons. The lowest BCUT2D eigenvalue weighted by atomic mass is 10.1. The largest absolute Gasteiger partial charge is 0.358 e. The van der Waals surface area contributed by atoms with Crippen molar-refractivity contribution >= 4 is 16.7 Å². The molecule has 0 unspecified atom stereocenters. The molecule has 2 aromatic rings. The number of Topliss-reactive ketones (excluding diaryl/α,β-unsaturated/α-hetero) is 1. The van der Waals surface area contributed by atoms with Gasteiger partial charge in [-0.2, -0.15) is 0 Å². The van der Waals surface area contributed by atoms with Crippen molar-refractivity contribution in [2.45, 2.75) is 19.4 Å². The molecule has 3 heteroatoms. The minimum Gasteiger partial charge on any atom is -0.358 e. The van der Waals surface area contributed by atoms with E-state index in [0.717, 1.165) is 17.6 Å². The summed E-state index contributed by atoms with van der Waals surface area (Å²) >= 11 is 0. The van der Waals surface area contributed by atoms with E-state index in [-0.39, 0.29) is 11.8 Å². The topological polar surface area (TPSA) is 36.1 Å². The lowest BCUT2D eigenvalue weighted by Crippen LogP contribution is -2.36. The van der Waals surface area contributed by atoms with Gasteiger partial charge in [-0.1, -0.05) is 18.2 Å². The number of H-pyrrole nitrogens is 1. The Labute approximate surface area is 101 Å². The average Bonchev–Trinajstić information content (AvgIpc) is 2.67. The van der Waals surface area contributed by atoms with Crippen LogP contribution in [-0.2, 0) is 11.2 Å². The molecule has 0 bridgehead atoms. The van der Waals surface area contributed by atoms with Crippen LogP contribution in [0.1, 0.15) is 12.6 Å². The van der Waals surface area contributed by atoms with Crippen molar-refractivity contribution in [2.75, 3.05) is 14.1 Å². The van der Waals surface area contributed by atoms with Crippen molar-refractivity contribution in [1.82, 2.24) is 9.88 Å². The van der Waals surface area contributed by atoms with E-state index < -0.39 is 0 Å². The van der Waals surface area contributed by atoms with Crippen molar-refractivity contribution in [2.24, 2.45) is 0 Å². The standard InChI is InChI=1S/C14H18N2O/c1-10(17)14(16(2)3)9-12-8-11-6-4-5-7-13(11)15-12/h4-8,14-15H,9H2,1-3H3/t14-/m0/s1. The van der Waals surface area contributed by atoms with E-state index in [1.165, 1.54) is 5.39 Å². The van der Waals surface area contributed by atoms with Crippen LogP contribution in [0.4, 0.5) is 0 Å². The Bertz CT molecular complexity index is 495. The second-order valence-electron chi connectivity index (χ2n) is 4.68. The van der Waals surface area contributed by atoms with E-state index in [4.69, 9.17) is 0 Å². The molecule has 0 aliphatic heterocycles. The highest BCUT2D eigenvalue weighted by molar-refractivity contribution is 5.83. The van der Waals surface area contributed by atoms with Gasteiger partial charge in [-0.05, 0) is 38.5 Å². The van der Waals surface area contributed by atoms with Gasteiger partial charge in [0.15, 0.2) is 0 Å². The summed E-state index contributed by atoms with van der Waals surface area (Å²) in [5, 5.41) is 1.20. The number of nitrogens with one attached hydrogen (secondary N) is 1. The first-order valence-electron chi connectivity index (χ1n) is 5.81. The molecule has 0 radical (unpaired) electrons. The Hall–Kier alpha value is -1.61. The molecule has 1 aromatic carbocycles. The highest BCUT2D eigenvalue weighted by Gasteiger charge is 2.17. The van der Waals surface area contributed by atoms with Gasteiger partial charge in [0.1, 0.15) is 5.78 Å². The third-order valence-electron chi connectivity index (χ3n) is 3.09. The molecular weight excluding hydrogens is 212 g/mol. The van der Waals surface area contributed by atoms with E-state index in [1.807, 2.05) is 31.1 Å².